The Balaban J connectivity index is 1.80. The normalized spacial score (nSPS) is 31.0. The molecule has 0 aliphatic heterocycles. The fraction of sp³-hybridized carbons (Fsp3) is 0.579. The number of ether oxygens (including phenoxy) is 2. The summed E-state index contributed by atoms with van der Waals surface area (Å²) < 4.78 is 11.0. The highest BCUT2D eigenvalue weighted by Gasteiger charge is 2.62. The Hall–Kier alpha value is -1.84. The maximum atomic E-state index is 12.6. The van der Waals surface area contributed by atoms with Crippen LogP contribution in [0.25, 0.3) is 0 Å². The van der Waals surface area contributed by atoms with E-state index in [4.69, 9.17) is 9.47 Å². The zero-order valence-electron chi connectivity index (χ0n) is 14.2. The highest BCUT2D eigenvalue weighted by atomic mass is 16.6. The fourth-order valence-corrected chi connectivity index (χ4v) is 4.38. The van der Waals surface area contributed by atoms with Gasteiger partial charge in [-0.1, -0.05) is 32.9 Å². The number of carbonyl (C=O) groups is 2. The zero-order chi connectivity index (χ0) is 16.8. The molecule has 124 valence electrons. The van der Waals surface area contributed by atoms with E-state index in [9.17, 15) is 9.59 Å². The molecule has 3 atom stereocenters. The van der Waals surface area contributed by atoms with E-state index < -0.39 is 11.9 Å². The van der Waals surface area contributed by atoms with Gasteiger partial charge in [-0.2, -0.15) is 0 Å². The van der Waals surface area contributed by atoms with Crippen molar-refractivity contribution in [3.63, 3.8) is 0 Å². The standard InChI is InChI=1S/C19H24O4/c1-12(20)22-15-8-6-5-7-14(15)17(21)23-16-11-13-9-10-19(16,4)18(13,2)3/h5-8,13,16H,9-11H2,1-4H3/t13-,16+,19+/m1/s1. The first kappa shape index (κ1) is 16.0. The first-order valence-corrected chi connectivity index (χ1v) is 8.24. The van der Waals surface area contributed by atoms with Gasteiger partial charge in [0.05, 0.1) is 0 Å². The SMILES string of the molecule is CC(=O)Oc1ccccc1C(=O)O[C@H]1C[C@H]2CC[C@]1(C)C2(C)C. The van der Waals surface area contributed by atoms with E-state index in [1.54, 1.807) is 24.3 Å². The lowest BCUT2D eigenvalue weighted by atomic mass is 9.70. The van der Waals surface area contributed by atoms with Gasteiger partial charge in [-0.05, 0) is 42.7 Å². The van der Waals surface area contributed by atoms with Crippen molar-refractivity contribution < 1.29 is 19.1 Å². The van der Waals surface area contributed by atoms with E-state index in [-0.39, 0.29) is 22.7 Å². The van der Waals surface area contributed by atoms with Crippen LogP contribution < -0.4 is 4.74 Å². The van der Waals surface area contributed by atoms with Crippen LogP contribution in [-0.4, -0.2) is 18.0 Å². The largest absolute Gasteiger partial charge is 0.458 e. The van der Waals surface area contributed by atoms with E-state index in [0.29, 0.717) is 11.5 Å². The maximum absolute atomic E-state index is 12.6. The van der Waals surface area contributed by atoms with Gasteiger partial charge < -0.3 is 9.47 Å². The molecular formula is C19H24O4. The van der Waals surface area contributed by atoms with Gasteiger partial charge in [0.15, 0.2) is 0 Å². The predicted molar refractivity (Wildman–Crippen MR) is 86.2 cm³/mol. The summed E-state index contributed by atoms with van der Waals surface area (Å²) in [6.07, 6.45) is 3.15. The van der Waals surface area contributed by atoms with E-state index in [1.807, 2.05) is 0 Å². The second-order valence-corrected chi connectivity index (χ2v) is 7.59. The second kappa shape index (κ2) is 5.36. The van der Waals surface area contributed by atoms with Crippen LogP contribution >= 0.6 is 0 Å². The molecule has 4 heteroatoms. The van der Waals surface area contributed by atoms with Crippen LogP contribution in [0, 0.1) is 16.7 Å². The molecule has 2 bridgehead atoms. The second-order valence-electron chi connectivity index (χ2n) is 7.59. The van der Waals surface area contributed by atoms with Crippen molar-refractivity contribution in [2.24, 2.45) is 16.7 Å². The minimum atomic E-state index is -0.446. The molecule has 2 fully saturated rings. The van der Waals surface area contributed by atoms with Gasteiger partial charge >= 0.3 is 11.9 Å². The average Bonchev–Trinajstić information content (AvgIpc) is 2.80. The van der Waals surface area contributed by atoms with Crippen LogP contribution in [0.3, 0.4) is 0 Å². The topological polar surface area (TPSA) is 52.6 Å². The van der Waals surface area contributed by atoms with Gasteiger partial charge in [0, 0.05) is 12.3 Å². The molecule has 0 radical (unpaired) electrons. The maximum Gasteiger partial charge on any atom is 0.342 e. The Labute approximate surface area is 137 Å². The third-order valence-corrected chi connectivity index (χ3v) is 6.32. The molecule has 1 aromatic rings. The molecule has 0 aromatic heterocycles. The molecule has 0 unspecified atom stereocenters. The van der Waals surface area contributed by atoms with Gasteiger partial charge in [0.25, 0.3) is 0 Å². The third kappa shape index (κ3) is 2.44. The summed E-state index contributed by atoms with van der Waals surface area (Å²) in [7, 11) is 0. The van der Waals surface area contributed by atoms with Crippen molar-refractivity contribution in [1.82, 2.24) is 0 Å². The summed E-state index contributed by atoms with van der Waals surface area (Å²) >= 11 is 0. The smallest absolute Gasteiger partial charge is 0.342 e. The number of fused-ring (bicyclic) bond motifs is 2. The first-order chi connectivity index (χ1) is 10.8. The van der Waals surface area contributed by atoms with Crippen molar-refractivity contribution >= 4 is 11.9 Å². The van der Waals surface area contributed by atoms with E-state index >= 15 is 0 Å². The monoisotopic (exact) mass is 316 g/mol. The summed E-state index contributed by atoms with van der Waals surface area (Å²) in [4.78, 5) is 23.8. The van der Waals surface area contributed by atoms with Crippen LogP contribution in [0.15, 0.2) is 24.3 Å². The number of benzene rings is 1. The Morgan fingerprint density at radius 1 is 1.17 bits per heavy atom. The minimum absolute atomic E-state index is 0.0176. The summed E-state index contributed by atoms with van der Waals surface area (Å²) in [5.74, 6) is 0.0151. The highest BCUT2D eigenvalue weighted by molar-refractivity contribution is 5.93. The van der Waals surface area contributed by atoms with Gasteiger partial charge in [0.1, 0.15) is 17.4 Å². The number of hydrogen-bond acceptors (Lipinski definition) is 4. The number of para-hydroxylation sites is 1. The lowest BCUT2D eigenvalue weighted by molar-refractivity contribution is -0.131. The van der Waals surface area contributed by atoms with E-state index in [1.165, 1.54) is 13.3 Å². The Kier molecular flexibility index (Phi) is 3.74. The van der Waals surface area contributed by atoms with Crippen LogP contribution in [0.5, 0.6) is 5.75 Å². The Morgan fingerprint density at radius 2 is 1.87 bits per heavy atom. The molecule has 2 aliphatic carbocycles. The van der Waals surface area contributed by atoms with Gasteiger partial charge in [-0.15, -0.1) is 0 Å². The lowest BCUT2D eigenvalue weighted by Gasteiger charge is -2.38. The summed E-state index contributed by atoms with van der Waals surface area (Å²) in [6.45, 7) is 8.12. The van der Waals surface area contributed by atoms with Crippen LogP contribution in [0.2, 0.25) is 0 Å². The number of rotatable bonds is 3. The zero-order valence-corrected chi connectivity index (χ0v) is 14.2. The summed E-state index contributed by atoms with van der Waals surface area (Å²) in [6, 6.07) is 6.73. The lowest BCUT2D eigenvalue weighted by Crippen LogP contribution is -2.38. The van der Waals surface area contributed by atoms with Crippen molar-refractivity contribution in [2.45, 2.75) is 53.1 Å². The molecule has 23 heavy (non-hydrogen) atoms. The number of hydrogen-bond donors (Lipinski definition) is 0. The third-order valence-electron chi connectivity index (χ3n) is 6.32. The molecule has 3 rings (SSSR count). The van der Waals surface area contributed by atoms with Gasteiger partial charge in [-0.25, -0.2) is 4.79 Å². The molecule has 2 saturated carbocycles. The van der Waals surface area contributed by atoms with Gasteiger partial charge in [0.2, 0.25) is 0 Å². The van der Waals surface area contributed by atoms with Crippen LogP contribution in [-0.2, 0) is 9.53 Å². The van der Waals surface area contributed by atoms with Crippen molar-refractivity contribution in [3.05, 3.63) is 29.8 Å². The summed E-state index contributed by atoms with van der Waals surface area (Å²) in [5, 5.41) is 0. The minimum Gasteiger partial charge on any atom is -0.458 e. The molecule has 2 aliphatic rings. The van der Waals surface area contributed by atoms with Gasteiger partial charge in [-0.3, -0.25) is 4.79 Å². The fourth-order valence-electron chi connectivity index (χ4n) is 4.38. The molecule has 0 N–H and O–H groups in total. The van der Waals surface area contributed by atoms with Crippen molar-refractivity contribution in [3.8, 4) is 5.75 Å². The van der Waals surface area contributed by atoms with E-state index in [2.05, 4.69) is 20.8 Å². The molecule has 4 nitrogen and oxygen atoms in total. The predicted octanol–water partition coefficient (Wildman–Crippen LogP) is 3.98. The quantitative estimate of drug-likeness (QED) is 0.625. The molecule has 0 amide bonds. The van der Waals surface area contributed by atoms with E-state index in [0.717, 1.165) is 12.8 Å². The molecular weight excluding hydrogens is 292 g/mol. The van der Waals surface area contributed by atoms with Crippen LogP contribution in [0.1, 0.15) is 57.3 Å². The molecule has 0 heterocycles. The van der Waals surface area contributed by atoms with Crippen molar-refractivity contribution in [1.29, 1.82) is 0 Å². The Morgan fingerprint density at radius 3 is 2.43 bits per heavy atom. The average molecular weight is 316 g/mol. The van der Waals surface area contributed by atoms with Crippen molar-refractivity contribution in [2.75, 3.05) is 0 Å². The highest BCUT2D eigenvalue weighted by Crippen LogP contribution is 2.66. The molecule has 0 spiro atoms. The molecule has 0 saturated heterocycles. The van der Waals surface area contributed by atoms with Crippen LogP contribution in [0.4, 0.5) is 0 Å². The summed E-state index contributed by atoms with van der Waals surface area (Å²) in [5.41, 5.74) is 0.517. The number of esters is 2. The number of carbonyl (C=O) groups excluding carboxylic acids is 2. The Bertz CT molecular complexity index is 649. The molecule has 1 aromatic carbocycles. The first-order valence-electron chi connectivity index (χ1n) is 8.24.